The predicted molar refractivity (Wildman–Crippen MR) is 197 cm³/mol. The fraction of sp³-hybridized carbons (Fsp3) is 0.209. The molecule has 0 bridgehead atoms. The fourth-order valence-electron chi connectivity index (χ4n) is 6.73. The molecule has 0 heterocycles. The Kier molecular flexibility index (Phi) is 11.4. The van der Waals surface area contributed by atoms with E-state index >= 15 is 0 Å². The van der Waals surface area contributed by atoms with E-state index in [0.29, 0.717) is 52.9 Å². The summed E-state index contributed by atoms with van der Waals surface area (Å²) in [6.45, 7) is 0.724. The quantitative estimate of drug-likeness (QED) is 0.0493. The number of ether oxygens (including phenoxy) is 4. The molecule has 0 saturated heterocycles. The first-order valence-electron chi connectivity index (χ1n) is 17.0. The fourth-order valence-corrected chi connectivity index (χ4v) is 6.73. The molecule has 0 amide bonds. The average molecular weight is 698 g/mol. The van der Waals surface area contributed by atoms with Crippen LogP contribution in [0.3, 0.4) is 0 Å². The highest BCUT2D eigenvalue weighted by atomic mass is 16.6. The Morgan fingerprint density at radius 2 is 1.33 bits per heavy atom. The summed E-state index contributed by atoms with van der Waals surface area (Å²) in [6, 6.07) is 37.3. The van der Waals surface area contributed by atoms with E-state index < -0.39 is 29.6 Å². The molecule has 1 unspecified atom stereocenters. The topological polar surface area (TPSA) is 114 Å². The van der Waals surface area contributed by atoms with Crippen LogP contribution in [0.1, 0.15) is 46.1 Å². The van der Waals surface area contributed by atoms with Gasteiger partial charge >= 0.3 is 0 Å². The molecule has 5 aromatic rings. The molecule has 0 aromatic heterocycles. The second-order valence-electron chi connectivity index (χ2n) is 12.6. The van der Waals surface area contributed by atoms with Crippen molar-refractivity contribution in [2.24, 2.45) is 5.92 Å². The van der Waals surface area contributed by atoms with Gasteiger partial charge in [0.1, 0.15) is 30.5 Å². The van der Waals surface area contributed by atoms with E-state index in [-0.39, 0.29) is 17.1 Å². The van der Waals surface area contributed by atoms with Gasteiger partial charge in [-0.15, -0.1) is 0 Å². The summed E-state index contributed by atoms with van der Waals surface area (Å²) in [4.78, 5) is 40.6. The van der Waals surface area contributed by atoms with E-state index in [2.05, 4.69) is 0 Å². The van der Waals surface area contributed by atoms with Gasteiger partial charge in [0, 0.05) is 11.3 Å². The van der Waals surface area contributed by atoms with Crippen molar-refractivity contribution in [3.05, 3.63) is 171 Å². The van der Waals surface area contributed by atoms with Crippen LogP contribution in [-0.4, -0.2) is 36.8 Å². The van der Waals surface area contributed by atoms with E-state index in [0.717, 1.165) is 11.1 Å². The van der Waals surface area contributed by atoms with Crippen molar-refractivity contribution in [2.75, 3.05) is 14.2 Å². The Balaban J connectivity index is 1.25. The molecule has 1 aliphatic carbocycles. The molecule has 9 heteroatoms. The van der Waals surface area contributed by atoms with Gasteiger partial charge in [0.05, 0.1) is 32.0 Å². The molecule has 1 aliphatic rings. The zero-order chi connectivity index (χ0) is 36.5. The highest BCUT2D eigenvalue weighted by molar-refractivity contribution is 6.10. The summed E-state index contributed by atoms with van der Waals surface area (Å²) >= 11 is 0. The number of Topliss-reactive ketones (excluding diaryl/α,β-unsaturated/α-hetero) is 1. The maximum absolute atomic E-state index is 14.0. The number of nitrogens with zero attached hydrogens (tertiary/aromatic N) is 1. The average Bonchev–Trinajstić information content (AvgIpc) is 3.19. The molecule has 1 fully saturated rings. The summed E-state index contributed by atoms with van der Waals surface area (Å²) in [5, 5.41) is 13.0. The number of nitro groups is 1. The zero-order valence-electron chi connectivity index (χ0n) is 28.9. The first-order valence-corrected chi connectivity index (χ1v) is 17.0. The number of hydrogen-bond acceptors (Lipinski definition) is 8. The maximum atomic E-state index is 14.0. The number of allylic oxidation sites excluding steroid dienone is 1. The third-order valence-electron chi connectivity index (χ3n) is 9.38. The largest absolute Gasteiger partial charge is 0.497 e. The van der Waals surface area contributed by atoms with Crippen LogP contribution < -0.4 is 18.9 Å². The molecule has 1 saturated carbocycles. The van der Waals surface area contributed by atoms with Gasteiger partial charge in [-0.1, -0.05) is 97.1 Å². The van der Waals surface area contributed by atoms with Crippen molar-refractivity contribution < 1.29 is 33.5 Å². The Morgan fingerprint density at radius 1 is 0.731 bits per heavy atom. The second kappa shape index (κ2) is 16.7. The Bertz CT molecular complexity index is 2010. The maximum Gasteiger partial charge on any atom is 0.228 e. The molecule has 5 aromatic carbocycles. The lowest BCUT2D eigenvalue weighted by Gasteiger charge is -2.36. The van der Waals surface area contributed by atoms with E-state index in [1.165, 1.54) is 20.3 Å². The first kappa shape index (κ1) is 35.6. The minimum Gasteiger partial charge on any atom is -0.497 e. The van der Waals surface area contributed by atoms with Crippen molar-refractivity contribution in [1.29, 1.82) is 0 Å². The zero-order valence-corrected chi connectivity index (χ0v) is 28.9. The standard InChI is InChI=1S/C43H39NO8/c1-49-34-19-17-33(18-20-34)41-42(37(45)23-13-29-14-24-39(40(25-29)50-2)52-28-31-11-7-4-8-12-31)38(46)26-36(43(41)44(47)48)32-15-21-35(22-16-32)51-27-30-9-5-3-6-10-30/h3-25,36,41-43H,26-28H2,1-2H3/b23-13+/t36-,41+,42?,43+/m1/s1. The molecule has 0 spiro atoms. The van der Waals surface area contributed by atoms with Gasteiger partial charge in [-0.3, -0.25) is 19.7 Å². The van der Waals surface area contributed by atoms with Gasteiger partial charge in [-0.05, 0) is 70.3 Å². The van der Waals surface area contributed by atoms with E-state index in [1.807, 2.05) is 60.7 Å². The van der Waals surface area contributed by atoms with Crippen LogP contribution in [0.5, 0.6) is 23.0 Å². The van der Waals surface area contributed by atoms with Crippen LogP contribution in [0.25, 0.3) is 6.08 Å². The number of methoxy groups -OCH3 is 2. The summed E-state index contributed by atoms with van der Waals surface area (Å²) in [7, 11) is 3.05. The monoisotopic (exact) mass is 697 g/mol. The van der Waals surface area contributed by atoms with Gasteiger partial charge < -0.3 is 18.9 Å². The second-order valence-corrected chi connectivity index (χ2v) is 12.6. The summed E-state index contributed by atoms with van der Waals surface area (Å²) in [5.74, 6) is -1.76. The third kappa shape index (κ3) is 8.38. The summed E-state index contributed by atoms with van der Waals surface area (Å²) in [5.41, 5.74) is 3.79. The van der Waals surface area contributed by atoms with Gasteiger partial charge in [0.25, 0.3) is 0 Å². The summed E-state index contributed by atoms with van der Waals surface area (Å²) in [6.07, 6.45) is 2.76. The number of carbonyl (C=O) groups excluding carboxylic acids is 2. The highest BCUT2D eigenvalue weighted by Crippen LogP contribution is 2.46. The lowest BCUT2D eigenvalue weighted by atomic mass is 9.64. The number of hydrogen-bond donors (Lipinski definition) is 0. The van der Waals surface area contributed by atoms with Crippen LogP contribution in [0.2, 0.25) is 0 Å². The Morgan fingerprint density at radius 3 is 1.92 bits per heavy atom. The van der Waals surface area contributed by atoms with Gasteiger partial charge in [0.15, 0.2) is 17.3 Å². The van der Waals surface area contributed by atoms with Crippen LogP contribution in [-0.2, 0) is 22.8 Å². The smallest absolute Gasteiger partial charge is 0.228 e. The van der Waals surface area contributed by atoms with Gasteiger partial charge in [-0.2, -0.15) is 0 Å². The van der Waals surface area contributed by atoms with E-state index in [9.17, 15) is 19.7 Å². The van der Waals surface area contributed by atoms with Crippen LogP contribution >= 0.6 is 0 Å². The van der Waals surface area contributed by atoms with Crippen molar-refractivity contribution in [3.8, 4) is 23.0 Å². The minimum absolute atomic E-state index is 0.159. The molecule has 9 nitrogen and oxygen atoms in total. The van der Waals surface area contributed by atoms with Gasteiger partial charge in [-0.25, -0.2) is 0 Å². The highest BCUT2D eigenvalue weighted by Gasteiger charge is 2.54. The molecule has 264 valence electrons. The van der Waals surface area contributed by atoms with E-state index in [1.54, 1.807) is 72.8 Å². The number of ketones is 2. The first-order chi connectivity index (χ1) is 25.3. The Hall–Kier alpha value is -6.22. The molecule has 0 radical (unpaired) electrons. The van der Waals surface area contributed by atoms with Crippen molar-refractivity contribution in [3.63, 3.8) is 0 Å². The molecule has 4 atom stereocenters. The third-order valence-corrected chi connectivity index (χ3v) is 9.38. The predicted octanol–water partition coefficient (Wildman–Crippen LogP) is 8.25. The van der Waals surface area contributed by atoms with Gasteiger partial charge in [0.2, 0.25) is 6.04 Å². The molecule has 0 N–H and O–H groups in total. The van der Waals surface area contributed by atoms with E-state index in [4.69, 9.17) is 18.9 Å². The summed E-state index contributed by atoms with van der Waals surface area (Å²) < 4.78 is 22.8. The number of benzene rings is 5. The minimum atomic E-state index is -1.26. The molecule has 52 heavy (non-hydrogen) atoms. The molecule has 0 aliphatic heterocycles. The van der Waals surface area contributed by atoms with Crippen LogP contribution in [0.15, 0.2) is 133 Å². The van der Waals surface area contributed by atoms with Crippen molar-refractivity contribution in [2.45, 2.75) is 37.5 Å². The van der Waals surface area contributed by atoms with Crippen molar-refractivity contribution >= 4 is 17.6 Å². The number of rotatable bonds is 14. The number of carbonyl (C=O) groups is 2. The van der Waals surface area contributed by atoms with Crippen LogP contribution in [0.4, 0.5) is 0 Å². The van der Waals surface area contributed by atoms with Crippen LogP contribution in [0, 0.1) is 16.0 Å². The molecule has 6 rings (SSSR count). The lowest BCUT2D eigenvalue weighted by Crippen LogP contribution is -2.48. The lowest BCUT2D eigenvalue weighted by molar-refractivity contribution is -0.533. The molecular weight excluding hydrogens is 658 g/mol. The normalized spacial score (nSPS) is 18.5. The van der Waals surface area contributed by atoms with Crippen molar-refractivity contribution in [1.82, 2.24) is 0 Å². The SMILES string of the molecule is COc1ccc([C@H]2C(C(=O)/C=C/c3ccc(OCc4ccccc4)c(OC)c3)C(=O)C[C@H](c3ccc(OCc4ccccc4)cc3)[C@@H]2[N+](=O)[O-])cc1. The Labute approximate surface area is 302 Å². The molecular formula is C43H39NO8.